The summed E-state index contributed by atoms with van der Waals surface area (Å²) in [5, 5.41) is 11.1. The molecular weight excluding hydrogens is 361 g/mol. The Labute approximate surface area is 150 Å². The Morgan fingerprint density at radius 1 is 1.04 bits per heavy atom. The number of nitro groups is 1. The van der Waals surface area contributed by atoms with Gasteiger partial charge >= 0.3 is 0 Å². The van der Waals surface area contributed by atoms with Gasteiger partial charge in [0.2, 0.25) is 10.0 Å². The van der Waals surface area contributed by atoms with Gasteiger partial charge in [0.05, 0.1) is 4.92 Å². The zero-order valence-corrected chi connectivity index (χ0v) is 14.7. The molecule has 138 valence electrons. The van der Waals surface area contributed by atoms with Crippen molar-refractivity contribution in [3.05, 3.63) is 70.0 Å². The van der Waals surface area contributed by atoms with Crippen molar-refractivity contribution in [1.29, 1.82) is 0 Å². The Hall–Kier alpha value is -2.36. The van der Waals surface area contributed by atoms with Gasteiger partial charge in [-0.15, -0.1) is 0 Å². The average Bonchev–Trinajstić information content (AvgIpc) is 2.62. The summed E-state index contributed by atoms with van der Waals surface area (Å²) in [5.74, 6) is -0.305. The van der Waals surface area contributed by atoms with Crippen molar-refractivity contribution in [3.8, 4) is 0 Å². The Balaban J connectivity index is 1.70. The lowest BCUT2D eigenvalue weighted by Gasteiger charge is -2.33. The van der Waals surface area contributed by atoms with Gasteiger partial charge in [0.25, 0.3) is 5.69 Å². The summed E-state index contributed by atoms with van der Waals surface area (Å²) in [6.07, 6.45) is 0. The Kier molecular flexibility index (Phi) is 5.30. The summed E-state index contributed by atoms with van der Waals surface area (Å²) in [5.41, 5.74) is 0.398. The molecule has 2 aromatic rings. The first-order valence-electron chi connectivity index (χ1n) is 8.08. The monoisotopic (exact) mass is 379 g/mol. The maximum atomic E-state index is 13.3. The van der Waals surface area contributed by atoms with Gasteiger partial charge < -0.3 is 0 Å². The Morgan fingerprint density at radius 3 is 2.38 bits per heavy atom. The van der Waals surface area contributed by atoms with Crippen LogP contribution in [-0.2, 0) is 16.6 Å². The van der Waals surface area contributed by atoms with E-state index in [-0.39, 0.29) is 23.8 Å². The molecule has 1 aliphatic rings. The molecule has 0 unspecified atom stereocenters. The van der Waals surface area contributed by atoms with Crippen molar-refractivity contribution in [3.63, 3.8) is 0 Å². The second-order valence-electron chi connectivity index (χ2n) is 6.03. The molecule has 2 aromatic carbocycles. The molecule has 0 N–H and O–H groups in total. The van der Waals surface area contributed by atoms with Crippen LogP contribution >= 0.6 is 0 Å². The van der Waals surface area contributed by atoms with Crippen molar-refractivity contribution in [1.82, 2.24) is 9.21 Å². The summed E-state index contributed by atoms with van der Waals surface area (Å²) in [7, 11) is -3.94. The van der Waals surface area contributed by atoms with Crippen molar-refractivity contribution < 1.29 is 17.7 Å². The molecule has 9 heteroatoms. The molecule has 7 nitrogen and oxygen atoms in total. The van der Waals surface area contributed by atoms with Crippen molar-refractivity contribution in [2.24, 2.45) is 0 Å². The van der Waals surface area contributed by atoms with Gasteiger partial charge in [0, 0.05) is 38.8 Å². The molecule has 1 aliphatic heterocycles. The minimum absolute atomic E-state index is 0.226. The third kappa shape index (κ3) is 3.90. The second kappa shape index (κ2) is 7.48. The summed E-state index contributed by atoms with van der Waals surface area (Å²) in [4.78, 5) is 12.2. The number of benzene rings is 2. The predicted molar refractivity (Wildman–Crippen MR) is 93.5 cm³/mol. The summed E-state index contributed by atoms with van der Waals surface area (Å²) in [6, 6.07) is 11.6. The third-order valence-corrected chi connectivity index (χ3v) is 6.25. The van der Waals surface area contributed by atoms with Gasteiger partial charge in [-0.1, -0.05) is 24.3 Å². The number of nitrogens with zero attached hydrogens (tertiary/aromatic N) is 3. The Morgan fingerprint density at radius 2 is 1.73 bits per heavy atom. The molecule has 26 heavy (non-hydrogen) atoms. The highest BCUT2D eigenvalue weighted by Gasteiger charge is 2.33. The van der Waals surface area contributed by atoms with Crippen LogP contribution in [0.2, 0.25) is 0 Å². The molecule has 0 radical (unpaired) electrons. The molecule has 0 saturated carbocycles. The molecule has 3 rings (SSSR count). The average molecular weight is 379 g/mol. The fourth-order valence-electron chi connectivity index (χ4n) is 2.99. The minimum Gasteiger partial charge on any atom is -0.296 e. The number of piperazine rings is 1. The van der Waals surface area contributed by atoms with E-state index in [1.54, 1.807) is 6.07 Å². The lowest BCUT2D eigenvalue weighted by Crippen LogP contribution is -2.48. The number of para-hydroxylation sites is 1. The quantitative estimate of drug-likeness (QED) is 0.588. The first-order chi connectivity index (χ1) is 12.4. The van der Waals surface area contributed by atoms with Gasteiger partial charge in [-0.25, -0.2) is 12.8 Å². The van der Waals surface area contributed by atoms with E-state index in [0.717, 1.165) is 5.56 Å². The van der Waals surface area contributed by atoms with Crippen LogP contribution in [0.1, 0.15) is 5.56 Å². The van der Waals surface area contributed by atoms with E-state index in [0.29, 0.717) is 19.6 Å². The number of sulfonamides is 1. The van der Waals surface area contributed by atoms with Crippen molar-refractivity contribution >= 4 is 15.7 Å². The van der Waals surface area contributed by atoms with Crippen LogP contribution < -0.4 is 0 Å². The summed E-state index contributed by atoms with van der Waals surface area (Å²) < 4.78 is 40.1. The lowest BCUT2D eigenvalue weighted by atomic mass is 10.2. The molecule has 0 spiro atoms. The lowest BCUT2D eigenvalue weighted by molar-refractivity contribution is -0.387. The highest BCUT2D eigenvalue weighted by Crippen LogP contribution is 2.27. The smallest absolute Gasteiger partial charge is 0.289 e. The summed E-state index contributed by atoms with van der Waals surface area (Å²) in [6.45, 7) is 1.91. The van der Waals surface area contributed by atoms with E-state index < -0.39 is 20.6 Å². The van der Waals surface area contributed by atoms with Crippen molar-refractivity contribution in [2.45, 2.75) is 11.4 Å². The zero-order chi connectivity index (χ0) is 18.7. The highest BCUT2D eigenvalue weighted by atomic mass is 32.2. The van der Waals surface area contributed by atoms with Crippen LogP contribution in [0.25, 0.3) is 0 Å². The van der Waals surface area contributed by atoms with E-state index in [9.17, 15) is 22.9 Å². The third-order valence-electron chi connectivity index (χ3n) is 4.31. The standard InChI is InChI=1S/C17H18FN3O4S/c18-15-5-3-4-14(12-15)13-19-8-10-20(11-9-19)26(24,25)17-7-2-1-6-16(17)21(22)23/h1-7,12H,8-11,13H2. The molecule has 1 fully saturated rings. The number of nitro benzene ring substituents is 1. The van der Waals surface area contributed by atoms with Crippen LogP contribution in [0.4, 0.5) is 10.1 Å². The maximum absolute atomic E-state index is 13.3. The van der Waals surface area contributed by atoms with Crippen molar-refractivity contribution in [2.75, 3.05) is 26.2 Å². The predicted octanol–water partition coefficient (Wildman–Crippen LogP) is 2.24. The molecule has 0 bridgehead atoms. The maximum Gasteiger partial charge on any atom is 0.289 e. The van der Waals surface area contributed by atoms with Crippen LogP contribution in [0.5, 0.6) is 0 Å². The fraction of sp³-hybridized carbons (Fsp3) is 0.294. The van der Waals surface area contributed by atoms with E-state index >= 15 is 0 Å². The summed E-state index contributed by atoms with van der Waals surface area (Å²) >= 11 is 0. The highest BCUT2D eigenvalue weighted by molar-refractivity contribution is 7.89. The van der Waals surface area contributed by atoms with Crippen LogP contribution in [-0.4, -0.2) is 48.7 Å². The topological polar surface area (TPSA) is 83.8 Å². The number of hydrogen-bond acceptors (Lipinski definition) is 5. The Bertz CT molecular complexity index is 912. The minimum atomic E-state index is -3.94. The van der Waals surface area contributed by atoms with Crippen LogP contribution in [0.15, 0.2) is 53.4 Å². The van der Waals surface area contributed by atoms with E-state index in [1.807, 2.05) is 11.0 Å². The molecule has 1 saturated heterocycles. The number of hydrogen-bond donors (Lipinski definition) is 0. The molecular formula is C17H18FN3O4S. The van der Waals surface area contributed by atoms with Crippen LogP contribution in [0, 0.1) is 15.9 Å². The van der Waals surface area contributed by atoms with Gasteiger partial charge in [0.1, 0.15) is 5.82 Å². The van der Waals surface area contributed by atoms with E-state index in [4.69, 9.17) is 0 Å². The molecule has 1 heterocycles. The number of halogens is 1. The molecule has 0 aliphatic carbocycles. The second-order valence-corrected chi connectivity index (χ2v) is 7.94. The molecule has 0 atom stereocenters. The van der Waals surface area contributed by atoms with E-state index in [1.165, 1.54) is 40.7 Å². The van der Waals surface area contributed by atoms with E-state index in [2.05, 4.69) is 0 Å². The largest absolute Gasteiger partial charge is 0.296 e. The fourth-order valence-corrected chi connectivity index (χ4v) is 4.57. The van der Waals surface area contributed by atoms with Gasteiger partial charge in [-0.2, -0.15) is 4.31 Å². The van der Waals surface area contributed by atoms with Gasteiger partial charge in [-0.05, 0) is 23.8 Å². The number of rotatable bonds is 5. The zero-order valence-electron chi connectivity index (χ0n) is 13.9. The van der Waals surface area contributed by atoms with Gasteiger partial charge in [0.15, 0.2) is 4.90 Å². The normalized spacial score (nSPS) is 16.5. The molecule has 0 aromatic heterocycles. The molecule has 0 amide bonds. The first kappa shape index (κ1) is 18.4. The van der Waals surface area contributed by atoms with Gasteiger partial charge in [-0.3, -0.25) is 15.0 Å². The first-order valence-corrected chi connectivity index (χ1v) is 9.52. The van der Waals surface area contributed by atoms with Crippen LogP contribution in [0.3, 0.4) is 0 Å². The SMILES string of the molecule is O=[N+]([O-])c1ccccc1S(=O)(=O)N1CCN(Cc2cccc(F)c2)CC1.